The fourth-order valence-electron chi connectivity index (χ4n) is 2.81. The highest BCUT2D eigenvalue weighted by Gasteiger charge is 2.17. The van der Waals surface area contributed by atoms with Crippen molar-refractivity contribution in [3.05, 3.63) is 34.9 Å². The van der Waals surface area contributed by atoms with E-state index in [1.165, 1.54) is 19.3 Å². The standard InChI is InChI=1S/C16H18ClN3/c1-18-11-13-10-12-6-5-7-14(17)15(12)19-16(13)20-8-3-2-4-9-20/h5-7,10H,1-4,8-9,11H2. The van der Waals surface area contributed by atoms with Crippen LogP contribution in [0.2, 0.25) is 5.02 Å². The molecule has 0 unspecified atom stereocenters. The summed E-state index contributed by atoms with van der Waals surface area (Å²) in [5.41, 5.74) is 2.01. The molecule has 0 radical (unpaired) electrons. The van der Waals surface area contributed by atoms with Gasteiger partial charge in [0.1, 0.15) is 5.82 Å². The van der Waals surface area contributed by atoms with Crippen molar-refractivity contribution in [1.29, 1.82) is 0 Å². The Morgan fingerprint density at radius 1 is 1.25 bits per heavy atom. The Bertz CT molecular complexity index is 633. The van der Waals surface area contributed by atoms with E-state index in [0.717, 1.165) is 35.4 Å². The maximum Gasteiger partial charge on any atom is 0.134 e. The third-order valence-corrected chi connectivity index (χ3v) is 4.10. The summed E-state index contributed by atoms with van der Waals surface area (Å²) in [5, 5.41) is 1.77. The molecule has 3 nitrogen and oxygen atoms in total. The van der Waals surface area contributed by atoms with Gasteiger partial charge in [0.05, 0.1) is 17.1 Å². The van der Waals surface area contributed by atoms with Crippen LogP contribution in [-0.4, -0.2) is 24.8 Å². The van der Waals surface area contributed by atoms with Crippen molar-refractivity contribution in [2.75, 3.05) is 18.0 Å². The third kappa shape index (κ3) is 2.50. The minimum atomic E-state index is 0.598. The molecule has 20 heavy (non-hydrogen) atoms. The molecular weight excluding hydrogens is 270 g/mol. The fraction of sp³-hybridized carbons (Fsp3) is 0.375. The van der Waals surface area contributed by atoms with E-state index < -0.39 is 0 Å². The lowest BCUT2D eigenvalue weighted by atomic mass is 10.1. The van der Waals surface area contributed by atoms with Gasteiger partial charge in [-0.05, 0) is 38.1 Å². The summed E-state index contributed by atoms with van der Waals surface area (Å²) in [7, 11) is 0. The first-order chi connectivity index (χ1) is 9.79. The van der Waals surface area contributed by atoms with Crippen molar-refractivity contribution in [2.24, 2.45) is 4.99 Å². The van der Waals surface area contributed by atoms with Crippen LogP contribution >= 0.6 is 11.6 Å². The summed E-state index contributed by atoms with van der Waals surface area (Å²) < 4.78 is 0. The molecule has 0 amide bonds. The second-order valence-corrected chi connectivity index (χ2v) is 5.62. The number of pyridine rings is 1. The van der Waals surface area contributed by atoms with Gasteiger partial charge in [-0.2, -0.15) is 0 Å². The summed E-state index contributed by atoms with van der Waals surface area (Å²) in [6, 6.07) is 8.04. The quantitative estimate of drug-likeness (QED) is 0.796. The van der Waals surface area contributed by atoms with E-state index in [4.69, 9.17) is 16.6 Å². The van der Waals surface area contributed by atoms with Gasteiger partial charge in [-0.15, -0.1) is 0 Å². The van der Waals surface area contributed by atoms with Crippen LogP contribution in [0.1, 0.15) is 24.8 Å². The molecule has 0 atom stereocenters. The maximum atomic E-state index is 6.28. The Hall–Kier alpha value is -1.61. The zero-order valence-corrected chi connectivity index (χ0v) is 12.2. The molecule has 104 valence electrons. The molecule has 3 rings (SSSR count). The fourth-order valence-corrected chi connectivity index (χ4v) is 3.04. The van der Waals surface area contributed by atoms with Crippen molar-refractivity contribution < 1.29 is 0 Å². The predicted molar refractivity (Wildman–Crippen MR) is 86.1 cm³/mol. The molecule has 0 saturated carbocycles. The topological polar surface area (TPSA) is 28.5 Å². The van der Waals surface area contributed by atoms with E-state index in [9.17, 15) is 0 Å². The summed E-state index contributed by atoms with van der Waals surface area (Å²) in [5.74, 6) is 1.03. The Morgan fingerprint density at radius 3 is 2.80 bits per heavy atom. The lowest BCUT2D eigenvalue weighted by Gasteiger charge is -2.29. The molecule has 1 aliphatic rings. The van der Waals surface area contributed by atoms with Crippen LogP contribution in [0.25, 0.3) is 10.9 Å². The number of nitrogens with zero attached hydrogens (tertiary/aromatic N) is 3. The van der Waals surface area contributed by atoms with E-state index in [-0.39, 0.29) is 0 Å². The van der Waals surface area contributed by atoms with E-state index >= 15 is 0 Å². The molecule has 4 heteroatoms. The minimum Gasteiger partial charge on any atom is -0.356 e. The highest BCUT2D eigenvalue weighted by atomic mass is 35.5. The number of fused-ring (bicyclic) bond motifs is 1. The smallest absolute Gasteiger partial charge is 0.134 e. The van der Waals surface area contributed by atoms with Gasteiger partial charge in [0.2, 0.25) is 0 Å². The molecule has 0 aliphatic carbocycles. The summed E-state index contributed by atoms with van der Waals surface area (Å²) >= 11 is 6.28. The average molecular weight is 288 g/mol. The minimum absolute atomic E-state index is 0.598. The number of aromatic nitrogens is 1. The van der Waals surface area contributed by atoms with E-state index in [1.807, 2.05) is 18.2 Å². The normalized spacial score (nSPS) is 15.6. The highest BCUT2D eigenvalue weighted by molar-refractivity contribution is 6.35. The molecule has 0 N–H and O–H groups in total. The molecule has 1 saturated heterocycles. The van der Waals surface area contributed by atoms with Gasteiger partial charge in [-0.1, -0.05) is 23.7 Å². The number of halogens is 1. The van der Waals surface area contributed by atoms with Crippen molar-refractivity contribution in [2.45, 2.75) is 25.8 Å². The average Bonchev–Trinajstić information content (AvgIpc) is 2.48. The number of piperidine rings is 1. The molecule has 2 heterocycles. The number of rotatable bonds is 3. The Kier molecular flexibility index (Phi) is 3.88. The van der Waals surface area contributed by atoms with Crippen LogP contribution in [0.3, 0.4) is 0 Å². The van der Waals surface area contributed by atoms with Gasteiger partial charge in [0.15, 0.2) is 0 Å². The van der Waals surface area contributed by atoms with Gasteiger partial charge in [0, 0.05) is 24.0 Å². The molecule has 1 aliphatic heterocycles. The van der Waals surface area contributed by atoms with Gasteiger partial charge in [0.25, 0.3) is 0 Å². The van der Waals surface area contributed by atoms with Gasteiger partial charge >= 0.3 is 0 Å². The maximum absolute atomic E-state index is 6.28. The second kappa shape index (κ2) is 5.80. The number of hydrogen-bond acceptors (Lipinski definition) is 3. The molecule has 1 aromatic carbocycles. The number of para-hydroxylation sites is 1. The number of benzene rings is 1. The van der Waals surface area contributed by atoms with Crippen molar-refractivity contribution >= 4 is 35.0 Å². The summed E-state index contributed by atoms with van der Waals surface area (Å²) in [4.78, 5) is 11.2. The second-order valence-electron chi connectivity index (χ2n) is 5.21. The number of aliphatic imine (C=N–C) groups is 1. The summed E-state index contributed by atoms with van der Waals surface area (Å²) in [6.45, 7) is 6.34. The number of anilines is 1. The van der Waals surface area contributed by atoms with Gasteiger partial charge in [-0.25, -0.2) is 4.98 Å². The monoisotopic (exact) mass is 287 g/mol. The zero-order chi connectivity index (χ0) is 13.9. The van der Waals surface area contributed by atoms with Gasteiger partial charge in [-0.3, -0.25) is 4.99 Å². The largest absolute Gasteiger partial charge is 0.356 e. The van der Waals surface area contributed by atoms with Crippen LogP contribution in [-0.2, 0) is 6.54 Å². The predicted octanol–water partition coefficient (Wildman–Crippen LogP) is 4.08. The molecule has 0 bridgehead atoms. The van der Waals surface area contributed by atoms with Crippen LogP contribution in [0, 0.1) is 0 Å². The van der Waals surface area contributed by atoms with Crippen LogP contribution in [0.4, 0.5) is 5.82 Å². The van der Waals surface area contributed by atoms with Crippen molar-refractivity contribution in [3.63, 3.8) is 0 Å². The zero-order valence-electron chi connectivity index (χ0n) is 11.5. The Balaban J connectivity index is 2.13. The number of hydrogen-bond donors (Lipinski definition) is 0. The van der Waals surface area contributed by atoms with Crippen LogP contribution in [0.15, 0.2) is 29.3 Å². The lowest BCUT2D eigenvalue weighted by Crippen LogP contribution is -2.31. The molecule has 0 spiro atoms. The first kappa shape index (κ1) is 13.4. The lowest BCUT2D eigenvalue weighted by molar-refractivity contribution is 0.572. The van der Waals surface area contributed by atoms with Crippen LogP contribution in [0.5, 0.6) is 0 Å². The van der Waals surface area contributed by atoms with E-state index in [1.54, 1.807) is 0 Å². The van der Waals surface area contributed by atoms with Crippen molar-refractivity contribution in [3.8, 4) is 0 Å². The SMILES string of the molecule is C=NCc1cc2cccc(Cl)c2nc1N1CCCCC1. The summed E-state index contributed by atoms with van der Waals surface area (Å²) in [6.07, 6.45) is 3.76. The molecule has 1 aromatic heterocycles. The van der Waals surface area contributed by atoms with E-state index in [0.29, 0.717) is 11.6 Å². The third-order valence-electron chi connectivity index (χ3n) is 3.79. The van der Waals surface area contributed by atoms with Crippen molar-refractivity contribution in [1.82, 2.24) is 4.98 Å². The Morgan fingerprint density at radius 2 is 2.05 bits per heavy atom. The van der Waals surface area contributed by atoms with Crippen LogP contribution < -0.4 is 4.90 Å². The highest BCUT2D eigenvalue weighted by Crippen LogP contribution is 2.29. The first-order valence-corrected chi connectivity index (χ1v) is 7.43. The molecular formula is C16H18ClN3. The Labute approximate surface area is 124 Å². The first-order valence-electron chi connectivity index (χ1n) is 7.05. The molecule has 1 fully saturated rings. The molecule has 2 aromatic rings. The van der Waals surface area contributed by atoms with Gasteiger partial charge < -0.3 is 4.90 Å². The van der Waals surface area contributed by atoms with E-state index in [2.05, 4.69) is 22.7 Å².